The van der Waals surface area contributed by atoms with E-state index < -0.39 is 17.1 Å². The Hall–Kier alpha value is -5.32. The SMILES string of the molecule is O=C(CN[C@@H](Cc1ccccc1)C(=O)Nc1ccc(C2SC(=Nc3cccc(F)c3)N(Cc3ccco3)C2=O)cc1)c1ccccc1. The van der Waals surface area contributed by atoms with Gasteiger partial charge in [-0.25, -0.2) is 9.38 Å². The number of amides is 2. The van der Waals surface area contributed by atoms with E-state index in [0.29, 0.717) is 34.3 Å². The lowest BCUT2D eigenvalue weighted by Crippen LogP contribution is -2.44. The summed E-state index contributed by atoms with van der Waals surface area (Å²) in [6.07, 6.45) is 1.93. The summed E-state index contributed by atoms with van der Waals surface area (Å²) in [5.41, 5.74) is 3.19. The average molecular weight is 647 g/mol. The molecule has 1 aromatic heterocycles. The highest BCUT2D eigenvalue weighted by atomic mass is 32.2. The largest absolute Gasteiger partial charge is 0.467 e. The van der Waals surface area contributed by atoms with Crippen LogP contribution in [-0.2, 0) is 22.6 Å². The van der Waals surface area contributed by atoms with Crippen molar-refractivity contribution < 1.29 is 23.2 Å². The molecule has 236 valence electrons. The van der Waals surface area contributed by atoms with E-state index in [1.807, 2.05) is 36.4 Å². The Labute approximate surface area is 275 Å². The molecule has 1 aliphatic rings. The Morgan fingerprint density at radius 2 is 1.64 bits per heavy atom. The maximum Gasteiger partial charge on any atom is 0.247 e. The van der Waals surface area contributed by atoms with Crippen molar-refractivity contribution in [1.82, 2.24) is 10.2 Å². The van der Waals surface area contributed by atoms with Gasteiger partial charge in [-0.1, -0.05) is 90.6 Å². The summed E-state index contributed by atoms with van der Waals surface area (Å²) in [5.74, 6) is -0.414. The molecule has 4 aromatic carbocycles. The molecule has 0 saturated carbocycles. The fourth-order valence-electron chi connectivity index (χ4n) is 5.13. The number of amidine groups is 1. The number of benzene rings is 4. The summed E-state index contributed by atoms with van der Waals surface area (Å²) < 4.78 is 19.4. The molecule has 1 fully saturated rings. The first kappa shape index (κ1) is 31.7. The highest BCUT2D eigenvalue weighted by Crippen LogP contribution is 2.41. The van der Waals surface area contributed by atoms with Crippen LogP contribution in [-0.4, -0.2) is 40.3 Å². The van der Waals surface area contributed by atoms with Gasteiger partial charge in [-0.2, -0.15) is 0 Å². The van der Waals surface area contributed by atoms with Crippen molar-refractivity contribution >= 4 is 45.9 Å². The number of rotatable bonds is 12. The summed E-state index contributed by atoms with van der Waals surface area (Å²) >= 11 is 1.27. The van der Waals surface area contributed by atoms with Gasteiger partial charge < -0.3 is 9.73 Å². The first-order valence-corrected chi connectivity index (χ1v) is 15.9. The summed E-state index contributed by atoms with van der Waals surface area (Å²) in [4.78, 5) is 46.0. The molecule has 0 spiro atoms. The molecule has 0 aliphatic carbocycles. The highest BCUT2D eigenvalue weighted by molar-refractivity contribution is 8.15. The topological polar surface area (TPSA) is 104 Å². The number of carbonyl (C=O) groups excluding carboxylic acids is 3. The second-order valence-electron chi connectivity index (χ2n) is 10.9. The first-order chi connectivity index (χ1) is 22.9. The molecule has 2 N–H and O–H groups in total. The number of anilines is 1. The normalized spacial score (nSPS) is 15.9. The molecule has 8 nitrogen and oxygen atoms in total. The molecule has 2 heterocycles. The number of hydrogen-bond acceptors (Lipinski definition) is 7. The molecular formula is C37H31FN4O4S. The zero-order valence-electron chi connectivity index (χ0n) is 25.2. The zero-order valence-corrected chi connectivity index (χ0v) is 26.0. The molecule has 1 saturated heterocycles. The number of ketones is 1. The van der Waals surface area contributed by atoms with Gasteiger partial charge in [-0.05, 0) is 60.0 Å². The molecular weight excluding hydrogens is 615 g/mol. The van der Waals surface area contributed by atoms with Crippen LogP contribution in [0.1, 0.15) is 32.5 Å². The quantitative estimate of drug-likeness (QED) is 0.142. The third kappa shape index (κ3) is 8.10. The first-order valence-electron chi connectivity index (χ1n) is 15.0. The number of furan rings is 1. The van der Waals surface area contributed by atoms with Gasteiger partial charge in [0.15, 0.2) is 11.0 Å². The van der Waals surface area contributed by atoms with Gasteiger partial charge in [0.2, 0.25) is 11.8 Å². The number of hydrogen-bond donors (Lipinski definition) is 2. The Balaban J connectivity index is 1.17. The smallest absolute Gasteiger partial charge is 0.247 e. The summed E-state index contributed by atoms with van der Waals surface area (Å²) in [5, 5.41) is 5.92. The molecule has 0 radical (unpaired) electrons. The molecule has 1 aliphatic heterocycles. The predicted octanol–water partition coefficient (Wildman–Crippen LogP) is 6.95. The van der Waals surface area contributed by atoms with Crippen LogP contribution >= 0.6 is 11.8 Å². The standard InChI is InChI=1S/C37H31FN4O4S/c38-28-13-7-14-30(22-28)41-37-42(24-31-15-8-20-46-31)36(45)34(47-37)27-16-18-29(19-17-27)40-35(44)32(21-25-9-3-1-4-10-25)39-23-33(43)26-11-5-2-6-12-26/h1-20,22,32,34,39H,21,23-24H2,(H,40,44)/t32-,34?/m0/s1. The maximum atomic E-state index is 13.9. The lowest BCUT2D eigenvalue weighted by atomic mass is 10.0. The molecule has 5 aromatic rings. The monoisotopic (exact) mass is 646 g/mol. The molecule has 1 unspecified atom stereocenters. The fourth-order valence-corrected chi connectivity index (χ4v) is 6.30. The second-order valence-corrected chi connectivity index (χ2v) is 12.0. The van der Waals surface area contributed by atoms with Gasteiger partial charge in [0.1, 0.15) is 16.8 Å². The van der Waals surface area contributed by atoms with Crippen LogP contribution in [0.4, 0.5) is 15.8 Å². The van der Waals surface area contributed by atoms with E-state index >= 15 is 0 Å². The molecule has 47 heavy (non-hydrogen) atoms. The number of nitrogens with zero attached hydrogens (tertiary/aromatic N) is 2. The van der Waals surface area contributed by atoms with E-state index in [9.17, 15) is 18.8 Å². The molecule has 0 bridgehead atoms. The highest BCUT2D eigenvalue weighted by Gasteiger charge is 2.39. The van der Waals surface area contributed by atoms with E-state index in [2.05, 4.69) is 15.6 Å². The summed E-state index contributed by atoms with van der Waals surface area (Å²) in [7, 11) is 0. The van der Waals surface area contributed by atoms with Crippen molar-refractivity contribution in [3.05, 3.63) is 156 Å². The second kappa shape index (κ2) is 14.8. The summed E-state index contributed by atoms with van der Waals surface area (Å²) in [6.45, 7) is 0.184. The van der Waals surface area contributed by atoms with Gasteiger partial charge in [0.05, 0.1) is 31.1 Å². The third-order valence-corrected chi connectivity index (χ3v) is 8.79. The number of carbonyl (C=O) groups is 3. The molecule has 2 atom stereocenters. The van der Waals surface area contributed by atoms with Gasteiger partial charge in [0.25, 0.3) is 0 Å². The molecule has 10 heteroatoms. The number of aliphatic imine (C=N–C) groups is 1. The Bertz CT molecular complexity index is 1870. The minimum atomic E-state index is -0.673. The van der Waals surface area contributed by atoms with Crippen molar-refractivity contribution in [2.75, 3.05) is 11.9 Å². The van der Waals surface area contributed by atoms with Crippen LogP contribution in [0.25, 0.3) is 0 Å². The van der Waals surface area contributed by atoms with Crippen LogP contribution < -0.4 is 10.6 Å². The molecule has 6 rings (SSSR count). The lowest BCUT2D eigenvalue weighted by Gasteiger charge is -2.19. The average Bonchev–Trinajstić information content (AvgIpc) is 3.72. The predicted molar refractivity (Wildman–Crippen MR) is 181 cm³/mol. The van der Waals surface area contributed by atoms with Crippen LogP contribution in [0.2, 0.25) is 0 Å². The van der Waals surface area contributed by atoms with Crippen molar-refractivity contribution in [2.24, 2.45) is 4.99 Å². The van der Waals surface area contributed by atoms with Crippen molar-refractivity contribution in [1.29, 1.82) is 0 Å². The van der Waals surface area contributed by atoms with E-state index in [-0.39, 0.29) is 30.7 Å². The fraction of sp³-hybridized carbons (Fsp3) is 0.135. The van der Waals surface area contributed by atoms with Gasteiger partial charge in [-0.15, -0.1) is 0 Å². The van der Waals surface area contributed by atoms with Gasteiger partial charge in [-0.3, -0.25) is 24.6 Å². The van der Waals surface area contributed by atoms with Gasteiger partial charge >= 0.3 is 0 Å². The van der Waals surface area contributed by atoms with Crippen molar-refractivity contribution in [3.8, 4) is 0 Å². The van der Waals surface area contributed by atoms with E-state index in [1.165, 1.54) is 35.1 Å². The number of halogens is 1. The summed E-state index contributed by atoms with van der Waals surface area (Å²) in [6, 6.07) is 34.4. The van der Waals surface area contributed by atoms with Gasteiger partial charge in [0, 0.05) is 11.3 Å². The van der Waals surface area contributed by atoms with Crippen molar-refractivity contribution in [3.63, 3.8) is 0 Å². The minimum Gasteiger partial charge on any atom is -0.467 e. The third-order valence-electron chi connectivity index (χ3n) is 7.56. The van der Waals surface area contributed by atoms with E-state index in [4.69, 9.17) is 4.42 Å². The minimum absolute atomic E-state index is 0.00288. The van der Waals surface area contributed by atoms with Crippen LogP contribution in [0, 0.1) is 5.82 Å². The Kier molecular flexibility index (Phi) is 10.00. The molecule has 2 amide bonds. The van der Waals surface area contributed by atoms with Crippen molar-refractivity contribution in [2.45, 2.75) is 24.3 Å². The van der Waals surface area contributed by atoms with E-state index in [1.54, 1.807) is 72.8 Å². The Morgan fingerprint density at radius 1 is 0.894 bits per heavy atom. The zero-order chi connectivity index (χ0) is 32.6. The van der Waals surface area contributed by atoms with Crippen LogP contribution in [0.15, 0.2) is 137 Å². The lowest BCUT2D eigenvalue weighted by molar-refractivity contribution is -0.126. The maximum absolute atomic E-state index is 13.9. The number of Topliss-reactive ketones (excluding diaryl/α,β-unsaturated/α-hetero) is 1. The van der Waals surface area contributed by atoms with Crippen LogP contribution in [0.3, 0.4) is 0 Å². The Morgan fingerprint density at radius 3 is 2.34 bits per heavy atom. The van der Waals surface area contributed by atoms with Crippen LogP contribution in [0.5, 0.6) is 0 Å². The number of nitrogens with one attached hydrogen (secondary N) is 2. The van der Waals surface area contributed by atoms with E-state index in [0.717, 1.165) is 11.1 Å². The number of thioether (sulfide) groups is 1.